The maximum Gasteiger partial charge on any atom is 0.269 e. The van der Waals surface area contributed by atoms with Gasteiger partial charge in [0.15, 0.2) is 0 Å². The Hall–Kier alpha value is -1.22. The molecule has 0 bridgehead atoms. The van der Waals surface area contributed by atoms with Crippen LogP contribution in [0.3, 0.4) is 0 Å². The lowest BCUT2D eigenvalue weighted by Gasteiger charge is -2.38. The van der Waals surface area contributed by atoms with Gasteiger partial charge in [0.2, 0.25) is 0 Å². The molecule has 0 amide bonds. The van der Waals surface area contributed by atoms with Gasteiger partial charge in [0.05, 0.1) is 0 Å². The lowest BCUT2D eigenvalue weighted by molar-refractivity contribution is 0.0852. The van der Waals surface area contributed by atoms with Crippen molar-refractivity contribution in [3.05, 3.63) is 41.3 Å². The van der Waals surface area contributed by atoms with Crippen molar-refractivity contribution in [2.75, 3.05) is 0 Å². The molecule has 1 aliphatic rings. The molecular weight excluding hydrogens is 264 g/mol. The summed E-state index contributed by atoms with van der Waals surface area (Å²) in [6, 6.07) is 8.46. The third-order valence-electron chi connectivity index (χ3n) is 4.46. The number of fused-ring (bicyclic) bond motifs is 1. The second-order valence-electron chi connectivity index (χ2n) is 6.93. The summed E-state index contributed by atoms with van der Waals surface area (Å²) in [4.78, 5) is 0. The number of rotatable bonds is 3. The lowest BCUT2D eigenvalue weighted by Crippen LogP contribution is -2.41. The fourth-order valence-corrected chi connectivity index (χ4v) is 3.04. The van der Waals surface area contributed by atoms with E-state index in [1.54, 1.807) is 0 Å². The van der Waals surface area contributed by atoms with Crippen LogP contribution in [0.25, 0.3) is 5.57 Å². The van der Waals surface area contributed by atoms with Crippen LogP contribution in [0, 0.1) is 0 Å². The first-order chi connectivity index (χ1) is 9.26. The van der Waals surface area contributed by atoms with Crippen molar-refractivity contribution >= 4 is 13.9 Å². The van der Waals surface area contributed by atoms with Crippen LogP contribution in [0.15, 0.2) is 30.2 Å². The quantitative estimate of drug-likeness (QED) is 0.702. The Labute approximate surface area is 123 Å². The number of hydrogen-bond acceptors (Lipinski definition) is 2. The zero-order chi connectivity index (χ0) is 15.0. The molecule has 0 saturated carbocycles. The molecule has 20 heavy (non-hydrogen) atoms. The van der Waals surface area contributed by atoms with Crippen molar-refractivity contribution in [1.29, 1.82) is 0 Å². The summed E-state index contributed by atoms with van der Waals surface area (Å²) in [5.41, 5.74) is 3.75. The molecule has 0 radical (unpaired) electrons. The van der Waals surface area contributed by atoms with Crippen LogP contribution >= 0.6 is 0 Å². The topological polar surface area (TPSA) is 18.5 Å². The van der Waals surface area contributed by atoms with Crippen molar-refractivity contribution in [1.82, 2.24) is 0 Å². The predicted molar refractivity (Wildman–Crippen MR) is 86.7 cm³/mol. The summed E-state index contributed by atoms with van der Waals surface area (Å²) in [6.45, 7) is 14.1. The van der Waals surface area contributed by atoms with Gasteiger partial charge in [-0.2, -0.15) is 0 Å². The first kappa shape index (κ1) is 15.2. The molecule has 1 aliphatic heterocycles. The summed E-state index contributed by atoms with van der Waals surface area (Å²) in [7, 11) is -1.85. The summed E-state index contributed by atoms with van der Waals surface area (Å²) in [6.07, 6.45) is 0.932. The van der Waals surface area contributed by atoms with Crippen LogP contribution in [0.4, 0.5) is 0 Å². The third-order valence-corrected chi connectivity index (χ3v) is 8.76. The SMILES string of the molecule is CCC1=C(O[Si](C)(C)C(C)(C)C)OCc2ccccc21. The summed E-state index contributed by atoms with van der Waals surface area (Å²) < 4.78 is 12.3. The smallest absolute Gasteiger partial charge is 0.269 e. The van der Waals surface area contributed by atoms with Crippen LogP contribution in [0.2, 0.25) is 18.1 Å². The molecule has 110 valence electrons. The molecule has 0 fully saturated rings. The molecule has 0 aromatic heterocycles. The van der Waals surface area contributed by atoms with Gasteiger partial charge in [0, 0.05) is 5.57 Å². The minimum atomic E-state index is -1.85. The van der Waals surface area contributed by atoms with E-state index in [2.05, 4.69) is 65.1 Å². The highest BCUT2D eigenvalue weighted by Gasteiger charge is 2.41. The maximum absolute atomic E-state index is 6.40. The highest BCUT2D eigenvalue weighted by Crippen LogP contribution is 2.41. The number of allylic oxidation sites excluding steroid dienone is 1. The third kappa shape index (κ3) is 2.78. The molecule has 2 rings (SSSR count). The Morgan fingerprint density at radius 1 is 1.20 bits per heavy atom. The summed E-state index contributed by atoms with van der Waals surface area (Å²) >= 11 is 0. The van der Waals surface area contributed by atoms with Gasteiger partial charge >= 0.3 is 0 Å². The van der Waals surface area contributed by atoms with E-state index in [1.807, 2.05) is 0 Å². The lowest BCUT2D eigenvalue weighted by atomic mass is 9.97. The molecule has 0 unspecified atom stereocenters. The molecule has 0 aliphatic carbocycles. The highest BCUT2D eigenvalue weighted by molar-refractivity contribution is 6.74. The molecule has 1 aromatic rings. The first-order valence-corrected chi connectivity index (χ1v) is 10.3. The largest absolute Gasteiger partial charge is 0.519 e. The van der Waals surface area contributed by atoms with E-state index >= 15 is 0 Å². The molecule has 0 saturated heterocycles. The van der Waals surface area contributed by atoms with Gasteiger partial charge in [-0.15, -0.1) is 0 Å². The first-order valence-electron chi connectivity index (χ1n) is 7.39. The van der Waals surface area contributed by atoms with Crippen molar-refractivity contribution in [3.8, 4) is 0 Å². The van der Waals surface area contributed by atoms with Gasteiger partial charge in [0.25, 0.3) is 14.3 Å². The fourth-order valence-electron chi connectivity index (χ4n) is 2.09. The van der Waals surface area contributed by atoms with E-state index < -0.39 is 8.32 Å². The second kappa shape index (κ2) is 5.28. The Morgan fingerprint density at radius 3 is 2.45 bits per heavy atom. The van der Waals surface area contributed by atoms with Gasteiger partial charge in [-0.05, 0) is 35.7 Å². The Balaban J connectivity index is 2.39. The molecule has 1 heterocycles. The Morgan fingerprint density at radius 2 is 1.85 bits per heavy atom. The standard InChI is InChI=1S/C17H26O2Si/c1-7-14-15-11-9-8-10-13(15)12-18-16(14)19-20(5,6)17(2,3)4/h8-11H,7,12H2,1-6H3. The van der Waals surface area contributed by atoms with Crippen LogP contribution in [0.5, 0.6) is 0 Å². The van der Waals surface area contributed by atoms with E-state index in [-0.39, 0.29) is 5.04 Å². The summed E-state index contributed by atoms with van der Waals surface area (Å²) in [5, 5.41) is 0.180. The molecular formula is C17H26O2Si. The monoisotopic (exact) mass is 290 g/mol. The van der Waals surface area contributed by atoms with E-state index in [0.717, 1.165) is 12.4 Å². The average Bonchev–Trinajstić information content (AvgIpc) is 2.36. The van der Waals surface area contributed by atoms with Gasteiger partial charge in [0.1, 0.15) is 6.61 Å². The van der Waals surface area contributed by atoms with E-state index in [9.17, 15) is 0 Å². The van der Waals surface area contributed by atoms with Crippen molar-refractivity contribution < 1.29 is 9.16 Å². The highest BCUT2D eigenvalue weighted by atomic mass is 28.4. The van der Waals surface area contributed by atoms with E-state index in [1.165, 1.54) is 16.7 Å². The second-order valence-corrected chi connectivity index (χ2v) is 11.7. The van der Waals surface area contributed by atoms with Crippen molar-refractivity contribution in [3.63, 3.8) is 0 Å². The van der Waals surface area contributed by atoms with Crippen LogP contribution in [-0.4, -0.2) is 8.32 Å². The molecule has 0 atom stereocenters. The molecule has 3 heteroatoms. The van der Waals surface area contributed by atoms with E-state index in [4.69, 9.17) is 9.16 Å². The maximum atomic E-state index is 6.40. The zero-order valence-electron chi connectivity index (χ0n) is 13.5. The fraction of sp³-hybridized carbons (Fsp3) is 0.529. The van der Waals surface area contributed by atoms with Crippen LogP contribution < -0.4 is 0 Å². The molecule has 0 N–H and O–H groups in total. The molecule has 0 spiro atoms. The van der Waals surface area contributed by atoms with Gasteiger partial charge < -0.3 is 9.16 Å². The summed E-state index contributed by atoms with van der Waals surface area (Å²) in [5.74, 6) is 0.762. The van der Waals surface area contributed by atoms with Crippen molar-refractivity contribution in [2.45, 2.75) is 58.9 Å². The normalized spacial score (nSPS) is 15.7. The minimum Gasteiger partial charge on any atom is -0.519 e. The minimum absolute atomic E-state index is 0.180. The molecule has 2 nitrogen and oxygen atoms in total. The number of benzene rings is 1. The van der Waals surface area contributed by atoms with Gasteiger partial charge in [-0.3, -0.25) is 0 Å². The Bertz CT molecular complexity index is 524. The van der Waals surface area contributed by atoms with Crippen LogP contribution in [0.1, 0.15) is 45.2 Å². The van der Waals surface area contributed by atoms with Gasteiger partial charge in [-0.1, -0.05) is 52.0 Å². The molecule has 1 aromatic carbocycles. The van der Waals surface area contributed by atoms with Crippen LogP contribution in [-0.2, 0) is 15.8 Å². The number of ether oxygens (including phenoxy) is 1. The predicted octanol–water partition coefficient (Wildman–Crippen LogP) is 5.32. The van der Waals surface area contributed by atoms with Gasteiger partial charge in [-0.25, -0.2) is 0 Å². The Kier molecular flexibility index (Phi) is 4.01. The van der Waals surface area contributed by atoms with Crippen molar-refractivity contribution in [2.24, 2.45) is 0 Å². The number of hydrogen-bond donors (Lipinski definition) is 0. The zero-order valence-corrected chi connectivity index (χ0v) is 14.5. The van der Waals surface area contributed by atoms with E-state index in [0.29, 0.717) is 6.61 Å². The average molecular weight is 290 g/mol.